The number of likely N-dealkylation sites (N-methyl/N-ethyl adjacent to an activating group) is 1. The van der Waals surface area contributed by atoms with Crippen molar-refractivity contribution < 1.29 is 18.3 Å². The predicted octanol–water partition coefficient (Wildman–Crippen LogP) is 3.66. The fourth-order valence-electron chi connectivity index (χ4n) is 1.84. The van der Waals surface area contributed by atoms with E-state index in [0.29, 0.717) is 5.56 Å². The van der Waals surface area contributed by atoms with Crippen LogP contribution in [0.15, 0.2) is 42.5 Å². The highest BCUT2D eigenvalue weighted by Gasteiger charge is 2.12. The van der Waals surface area contributed by atoms with E-state index in [9.17, 15) is 13.6 Å². The number of halogens is 3. The van der Waals surface area contributed by atoms with Crippen LogP contribution in [0.3, 0.4) is 0 Å². The van der Waals surface area contributed by atoms with Gasteiger partial charge in [-0.05, 0) is 35.9 Å². The molecule has 22 heavy (non-hydrogen) atoms. The molecule has 2 aromatic rings. The summed E-state index contributed by atoms with van der Waals surface area (Å²) >= 11 is 5.81. The Morgan fingerprint density at radius 1 is 1.18 bits per heavy atom. The molecule has 0 saturated heterocycles. The molecule has 0 aliphatic carbocycles. The Balaban J connectivity index is 1.91. The Hall–Kier alpha value is -2.14. The van der Waals surface area contributed by atoms with Gasteiger partial charge in [-0.3, -0.25) is 4.79 Å². The Bertz CT molecular complexity index is 679. The van der Waals surface area contributed by atoms with Gasteiger partial charge in [0.2, 0.25) is 0 Å². The Labute approximate surface area is 132 Å². The molecule has 3 nitrogen and oxygen atoms in total. The number of carbonyl (C=O) groups excluding carboxylic acids is 1. The van der Waals surface area contributed by atoms with Crippen LogP contribution < -0.4 is 4.74 Å². The molecular weight excluding hydrogens is 312 g/mol. The molecule has 0 aliphatic rings. The smallest absolute Gasteiger partial charge is 0.260 e. The van der Waals surface area contributed by atoms with Crippen molar-refractivity contribution in [3.63, 3.8) is 0 Å². The average Bonchev–Trinajstić information content (AvgIpc) is 2.46. The van der Waals surface area contributed by atoms with E-state index in [1.807, 2.05) is 0 Å². The van der Waals surface area contributed by atoms with E-state index in [1.165, 1.54) is 29.2 Å². The standard InChI is InChI=1S/C16H14ClF2NO2/c1-20(9-11-3-2-4-12(18)7-11)16(21)10-22-15-6-5-13(19)8-14(15)17/h2-8H,9-10H2,1H3. The SMILES string of the molecule is CN(Cc1cccc(F)c1)C(=O)COc1ccc(F)cc1Cl. The van der Waals surface area contributed by atoms with Crippen LogP contribution >= 0.6 is 11.6 Å². The maximum absolute atomic E-state index is 13.1. The second-order valence-corrected chi connectivity index (χ2v) is 5.15. The van der Waals surface area contributed by atoms with E-state index in [1.54, 1.807) is 19.2 Å². The number of rotatable bonds is 5. The lowest BCUT2D eigenvalue weighted by Crippen LogP contribution is -2.31. The van der Waals surface area contributed by atoms with Crippen molar-refractivity contribution in [2.24, 2.45) is 0 Å². The minimum absolute atomic E-state index is 0.0978. The molecule has 2 rings (SSSR count). The zero-order chi connectivity index (χ0) is 16.1. The summed E-state index contributed by atoms with van der Waals surface area (Å²) in [6, 6.07) is 9.67. The van der Waals surface area contributed by atoms with Gasteiger partial charge < -0.3 is 9.64 Å². The van der Waals surface area contributed by atoms with Crippen molar-refractivity contribution in [3.8, 4) is 5.75 Å². The van der Waals surface area contributed by atoms with Crippen LogP contribution in [-0.2, 0) is 11.3 Å². The molecule has 0 saturated carbocycles. The molecule has 0 bridgehead atoms. The molecule has 6 heteroatoms. The second kappa shape index (κ2) is 7.22. The van der Waals surface area contributed by atoms with Crippen molar-refractivity contribution in [3.05, 3.63) is 64.7 Å². The van der Waals surface area contributed by atoms with Crippen molar-refractivity contribution >= 4 is 17.5 Å². The molecule has 0 radical (unpaired) electrons. The average molecular weight is 326 g/mol. The normalized spacial score (nSPS) is 10.4. The van der Waals surface area contributed by atoms with Crippen molar-refractivity contribution in [1.82, 2.24) is 4.90 Å². The third-order valence-corrected chi connectivity index (χ3v) is 3.27. The Kier molecular flexibility index (Phi) is 5.33. The third kappa shape index (κ3) is 4.43. The summed E-state index contributed by atoms with van der Waals surface area (Å²) < 4.78 is 31.3. The highest BCUT2D eigenvalue weighted by atomic mass is 35.5. The molecule has 2 aromatic carbocycles. The fraction of sp³-hybridized carbons (Fsp3) is 0.188. The van der Waals surface area contributed by atoms with E-state index in [2.05, 4.69) is 0 Å². The van der Waals surface area contributed by atoms with Crippen LogP contribution in [0, 0.1) is 11.6 Å². The number of carbonyl (C=O) groups is 1. The molecular formula is C16H14ClF2NO2. The van der Waals surface area contributed by atoms with Gasteiger partial charge in [-0.2, -0.15) is 0 Å². The van der Waals surface area contributed by atoms with Crippen molar-refractivity contribution in [2.75, 3.05) is 13.7 Å². The maximum Gasteiger partial charge on any atom is 0.260 e. The van der Waals surface area contributed by atoms with Gasteiger partial charge in [0.1, 0.15) is 17.4 Å². The van der Waals surface area contributed by atoms with Crippen LogP contribution in [-0.4, -0.2) is 24.5 Å². The molecule has 0 N–H and O–H groups in total. The Morgan fingerprint density at radius 2 is 1.91 bits per heavy atom. The van der Waals surface area contributed by atoms with Gasteiger partial charge in [0.05, 0.1) is 5.02 Å². The van der Waals surface area contributed by atoms with Gasteiger partial charge >= 0.3 is 0 Å². The van der Waals surface area contributed by atoms with Crippen LogP contribution in [0.2, 0.25) is 5.02 Å². The van der Waals surface area contributed by atoms with Gasteiger partial charge in [-0.15, -0.1) is 0 Å². The lowest BCUT2D eigenvalue weighted by molar-refractivity contribution is -0.132. The van der Waals surface area contributed by atoms with Crippen molar-refractivity contribution in [1.29, 1.82) is 0 Å². The molecule has 1 amide bonds. The van der Waals surface area contributed by atoms with Crippen molar-refractivity contribution in [2.45, 2.75) is 6.54 Å². The monoisotopic (exact) mass is 325 g/mol. The zero-order valence-corrected chi connectivity index (χ0v) is 12.6. The van der Waals surface area contributed by atoms with E-state index in [4.69, 9.17) is 16.3 Å². The van der Waals surface area contributed by atoms with Gasteiger partial charge in [0, 0.05) is 13.6 Å². The highest BCUT2D eigenvalue weighted by Crippen LogP contribution is 2.24. The minimum atomic E-state index is -0.480. The number of ether oxygens (including phenoxy) is 1. The van der Waals surface area contributed by atoms with E-state index >= 15 is 0 Å². The summed E-state index contributed by atoms with van der Waals surface area (Å²) in [5.74, 6) is -0.903. The molecule has 0 aromatic heterocycles. The van der Waals surface area contributed by atoms with Crippen LogP contribution in [0.1, 0.15) is 5.56 Å². The lowest BCUT2D eigenvalue weighted by atomic mass is 10.2. The molecule has 0 atom stereocenters. The first-order valence-corrected chi connectivity index (χ1v) is 6.90. The first-order chi connectivity index (χ1) is 10.5. The summed E-state index contributed by atoms with van der Waals surface area (Å²) in [4.78, 5) is 13.4. The zero-order valence-electron chi connectivity index (χ0n) is 11.9. The fourth-order valence-corrected chi connectivity index (χ4v) is 2.06. The summed E-state index contributed by atoms with van der Waals surface area (Å²) in [5.41, 5.74) is 0.677. The molecule has 0 spiro atoms. The molecule has 0 unspecified atom stereocenters. The largest absolute Gasteiger partial charge is 0.482 e. The number of amides is 1. The maximum atomic E-state index is 13.1. The highest BCUT2D eigenvalue weighted by molar-refractivity contribution is 6.32. The van der Waals surface area contributed by atoms with Crippen LogP contribution in [0.5, 0.6) is 5.75 Å². The third-order valence-electron chi connectivity index (χ3n) is 2.98. The number of hydrogen-bond acceptors (Lipinski definition) is 2. The van der Waals surface area contributed by atoms with Gasteiger partial charge in [0.15, 0.2) is 6.61 Å². The van der Waals surface area contributed by atoms with E-state index in [0.717, 1.165) is 6.07 Å². The first kappa shape index (κ1) is 16.2. The summed E-state index contributed by atoms with van der Waals surface area (Å²) in [6.07, 6.45) is 0. The molecule has 0 aliphatic heterocycles. The molecule has 0 heterocycles. The van der Waals surface area contributed by atoms with Gasteiger partial charge in [-0.25, -0.2) is 8.78 Å². The minimum Gasteiger partial charge on any atom is -0.482 e. The quantitative estimate of drug-likeness (QED) is 0.839. The summed E-state index contributed by atoms with van der Waals surface area (Å²) in [7, 11) is 1.59. The second-order valence-electron chi connectivity index (χ2n) is 4.74. The molecule has 116 valence electrons. The summed E-state index contributed by atoms with van der Waals surface area (Å²) in [6.45, 7) is 0.0221. The van der Waals surface area contributed by atoms with E-state index in [-0.39, 0.29) is 35.6 Å². The van der Waals surface area contributed by atoms with E-state index < -0.39 is 5.82 Å². The molecule has 0 fully saturated rings. The number of hydrogen-bond donors (Lipinski definition) is 0. The topological polar surface area (TPSA) is 29.5 Å². The first-order valence-electron chi connectivity index (χ1n) is 6.52. The van der Waals surface area contributed by atoms with Gasteiger partial charge in [-0.1, -0.05) is 23.7 Å². The van der Waals surface area contributed by atoms with Crippen LogP contribution in [0.25, 0.3) is 0 Å². The Morgan fingerprint density at radius 3 is 2.59 bits per heavy atom. The lowest BCUT2D eigenvalue weighted by Gasteiger charge is -2.18. The number of nitrogens with zero attached hydrogens (tertiary/aromatic N) is 1. The van der Waals surface area contributed by atoms with Crippen LogP contribution in [0.4, 0.5) is 8.78 Å². The summed E-state index contributed by atoms with van der Waals surface area (Å²) in [5, 5.41) is 0.0978. The predicted molar refractivity (Wildman–Crippen MR) is 79.8 cm³/mol. The number of benzene rings is 2. The van der Waals surface area contributed by atoms with Gasteiger partial charge in [0.25, 0.3) is 5.91 Å².